The third-order valence-electron chi connectivity index (χ3n) is 4.86. The molecule has 2 aliphatic rings. The highest BCUT2D eigenvalue weighted by atomic mass is 19.1. The van der Waals surface area contributed by atoms with E-state index in [1.54, 1.807) is 6.20 Å². The van der Waals surface area contributed by atoms with Gasteiger partial charge in [0, 0.05) is 38.4 Å². The molecule has 0 unspecified atom stereocenters. The summed E-state index contributed by atoms with van der Waals surface area (Å²) in [6.45, 7) is 5.79. The summed E-state index contributed by atoms with van der Waals surface area (Å²) in [6.07, 6.45) is 1.78. The number of nitrogens with zero attached hydrogens (tertiary/aromatic N) is 3. The van der Waals surface area contributed by atoms with Gasteiger partial charge in [0.1, 0.15) is 12.3 Å². The zero-order valence-corrected chi connectivity index (χ0v) is 13.4. The molecule has 5 nitrogen and oxygen atoms in total. The standard InChI is InChI=1S/C17H20FN3O2/c1-11-10-23-17-15-12(14(22)3-4-21(11)15)9-13(18)16(17)20-7-5-19(2)6-8-20/h3-4,9,11H,5-8,10H2,1-2H3/t11-/m0/s1. The fourth-order valence-corrected chi connectivity index (χ4v) is 3.48. The molecule has 1 aromatic carbocycles. The second kappa shape index (κ2) is 5.23. The molecule has 23 heavy (non-hydrogen) atoms. The van der Waals surface area contributed by atoms with Gasteiger partial charge in [-0.3, -0.25) is 4.79 Å². The lowest BCUT2D eigenvalue weighted by Gasteiger charge is -2.36. The van der Waals surface area contributed by atoms with Crippen LogP contribution >= 0.6 is 0 Å². The van der Waals surface area contributed by atoms with Crippen LogP contribution in [-0.2, 0) is 0 Å². The summed E-state index contributed by atoms with van der Waals surface area (Å²) in [7, 11) is 2.06. The first-order valence-corrected chi connectivity index (χ1v) is 8.00. The smallest absolute Gasteiger partial charge is 0.189 e. The van der Waals surface area contributed by atoms with Gasteiger partial charge in [0.15, 0.2) is 17.0 Å². The number of aromatic nitrogens is 1. The number of piperazine rings is 1. The van der Waals surface area contributed by atoms with Crippen LogP contribution in [-0.4, -0.2) is 49.3 Å². The Bertz CT molecular complexity index is 825. The van der Waals surface area contributed by atoms with Gasteiger partial charge < -0.3 is 19.1 Å². The predicted octanol–water partition coefficient (Wildman–Crippen LogP) is 1.85. The molecule has 0 aliphatic carbocycles. The number of rotatable bonds is 1. The second-order valence-corrected chi connectivity index (χ2v) is 6.47. The number of anilines is 1. The van der Waals surface area contributed by atoms with Gasteiger partial charge in [-0.05, 0) is 20.0 Å². The van der Waals surface area contributed by atoms with Gasteiger partial charge in [-0.1, -0.05) is 0 Å². The number of hydrogen-bond donors (Lipinski definition) is 0. The second-order valence-electron chi connectivity index (χ2n) is 6.47. The van der Waals surface area contributed by atoms with Crippen molar-refractivity contribution in [3.63, 3.8) is 0 Å². The van der Waals surface area contributed by atoms with Crippen molar-refractivity contribution in [2.75, 3.05) is 44.7 Å². The number of ether oxygens (including phenoxy) is 1. The third kappa shape index (κ3) is 2.20. The minimum atomic E-state index is -0.374. The van der Waals surface area contributed by atoms with E-state index >= 15 is 0 Å². The van der Waals surface area contributed by atoms with Crippen LogP contribution in [0.1, 0.15) is 13.0 Å². The number of pyridine rings is 1. The Labute approximate surface area is 133 Å². The summed E-state index contributed by atoms with van der Waals surface area (Å²) in [5, 5.41) is 0.393. The quantitative estimate of drug-likeness (QED) is 0.804. The Morgan fingerprint density at radius 1 is 1.26 bits per heavy atom. The SMILES string of the molecule is C[C@H]1COc2c(N3CCN(C)CC3)c(F)cc3c(=O)ccn1c23. The monoisotopic (exact) mass is 317 g/mol. The maximum absolute atomic E-state index is 14.8. The molecular formula is C17H20FN3O2. The van der Waals surface area contributed by atoms with E-state index in [0.29, 0.717) is 28.9 Å². The minimum Gasteiger partial charge on any atom is -0.487 e. The molecule has 0 bridgehead atoms. The fourth-order valence-electron chi connectivity index (χ4n) is 3.48. The van der Waals surface area contributed by atoms with Crippen molar-refractivity contribution < 1.29 is 9.13 Å². The third-order valence-corrected chi connectivity index (χ3v) is 4.86. The first-order chi connectivity index (χ1) is 11.1. The lowest BCUT2D eigenvalue weighted by molar-refractivity contribution is 0.245. The molecule has 1 fully saturated rings. The van der Waals surface area contributed by atoms with Crippen LogP contribution in [0.4, 0.5) is 10.1 Å². The summed E-state index contributed by atoms with van der Waals surface area (Å²) < 4.78 is 22.7. The van der Waals surface area contributed by atoms with Crippen LogP contribution in [0, 0.1) is 5.82 Å². The first-order valence-electron chi connectivity index (χ1n) is 8.00. The van der Waals surface area contributed by atoms with Crippen molar-refractivity contribution in [3.05, 3.63) is 34.4 Å². The Balaban J connectivity index is 1.96. The summed E-state index contributed by atoms with van der Waals surface area (Å²) in [5.74, 6) is 0.141. The molecular weight excluding hydrogens is 297 g/mol. The van der Waals surface area contributed by atoms with E-state index in [2.05, 4.69) is 11.9 Å². The molecule has 0 amide bonds. The fraction of sp³-hybridized carbons (Fsp3) is 0.471. The summed E-state index contributed by atoms with van der Waals surface area (Å²) in [6, 6.07) is 2.99. The average molecular weight is 317 g/mol. The van der Waals surface area contributed by atoms with Gasteiger partial charge in [0.05, 0.1) is 16.9 Å². The van der Waals surface area contributed by atoms with Gasteiger partial charge in [0.25, 0.3) is 0 Å². The number of hydrogen-bond acceptors (Lipinski definition) is 4. The van der Waals surface area contributed by atoms with Crippen LogP contribution in [0.5, 0.6) is 5.75 Å². The lowest BCUT2D eigenvalue weighted by Crippen LogP contribution is -2.45. The van der Waals surface area contributed by atoms with Crippen molar-refractivity contribution >= 4 is 16.6 Å². The van der Waals surface area contributed by atoms with E-state index in [4.69, 9.17) is 4.74 Å². The zero-order chi connectivity index (χ0) is 16.1. The van der Waals surface area contributed by atoms with Crippen LogP contribution in [0.2, 0.25) is 0 Å². The normalized spacial score (nSPS) is 21.5. The van der Waals surface area contributed by atoms with E-state index < -0.39 is 0 Å². The Morgan fingerprint density at radius 2 is 2.00 bits per heavy atom. The maximum atomic E-state index is 14.8. The number of benzene rings is 1. The van der Waals surface area contributed by atoms with E-state index in [9.17, 15) is 9.18 Å². The molecule has 4 rings (SSSR count). The van der Waals surface area contributed by atoms with Crippen molar-refractivity contribution in [2.45, 2.75) is 13.0 Å². The summed E-state index contributed by atoms with van der Waals surface area (Å²) in [5.41, 5.74) is 1.04. The van der Waals surface area contributed by atoms with Gasteiger partial charge in [0.2, 0.25) is 0 Å². The van der Waals surface area contributed by atoms with E-state index in [1.807, 2.05) is 16.4 Å². The molecule has 0 N–H and O–H groups in total. The van der Waals surface area contributed by atoms with Gasteiger partial charge in [-0.15, -0.1) is 0 Å². The Morgan fingerprint density at radius 3 is 2.74 bits per heavy atom. The van der Waals surface area contributed by atoms with Crippen LogP contribution in [0.25, 0.3) is 10.9 Å². The largest absolute Gasteiger partial charge is 0.487 e. The molecule has 2 aliphatic heterocycles. The van der Waals surface area contributed by atoms with Crippen LogP contribution in [0.3, 0.4) is 0 Å². The minimum absolute atomic E-state index is 0.122. The van der Waals surface area contributed by atoms with E-state index in [1.165, 1.54) is 12.1 Å². The average Bonchev–Trinajstić information content (AvgIpc) is 2.54. The van der Waals surface area contributed by atoms with Gasteiger partial charge >= 0.3 is 0 Å². The van der Waals surface area contributed by atoms with Gasteiger partial charge in [-0.25, -0.2) is 4.39 Å². The van der Waals surface area contributed by atoms with Crippen molar-refractivity contribution in [1.29, 1.82) is 0 Å². The molecule has 0 spiro atoms. The maximum Gasteiger partial charge on any atom is 0.189 e. The first kappa shape index (κ1) is 14.5. The Kier molecular flexibility index (Phi) is 3.30. The molecule has 2 aromatic rings. The molecule has 0 radical (unpaired) electrons. The molecule has 6 heteroatoms. The zero-order valence-electron chi connectivity index (χ0n) is 13.4. The molecule has 3 heterocycles. The van der Waals surface area contributed by atoms with E-state index in [-0.39, 0.29) is 17.3 Å². The van der Waals surface area contributed by atoms with Crippen molar-refractivity contribution in [1.82, 2.24) is 9.47 Å². The van der Waals surface area contributed by atoms with Crippen LogP contribution in [0.15, 0.2) is 23.1 Å². The van der Waals surface area contributed by atoms with Crippen molar-refractivity contribution in [2.24, 2.45) is 0 Å². The molecule has 1 atom stereocenters. The topological polar surface area (TPSA) is 37.7 Å². The molecule has 0 saturated carbocycles. The molecule has 122 valence electrons. The highest BCUT2D eigenvalue weighted by Gasteiger charge is 2.29. The highest BCUT2D eigenvalue weighted by molar-refractivity contribution is 5.92. The predicted molar refractivity (Wildman–Crippen MR) is 88.1 cm³/mol. The van der Waals surface area contributed by atoms with Gasteiger partial charge in [-0.2, -0.15) is 0 Å². The van der Waals surface area contributed by atoms with Crippen LogP contribution < -0.4 is 15.1 Å². The number of likely N-dealkylation sites (N-methyl/N-ethyl adjacent to an activating group) is 1. The lowest BCUT2D eigenvalue weighted by atomic mass is 10.1. The Hall–Kier alpha value is -2.08. The van der Waals surface area contributed by atoms with E-state index in [0.717, 1.165) is 26.2 Å². The highest BCUT2D eigenvalue weighted by Crippen LogP contribution is 2.41. The van der Waals surface area contributed by atoms with Crippen molar-refractivity contribution in [3.8, 4) is 5.75 Å². The number of halogens is 1. The molecule has 1 aromatic heterocycles. The summed E-state index contributed by atoms with van der Waals surface area (Å²) in [4.78, 5) is 16.4. The summed E-state index contributed by atoms with van der Waals surface area (Å²) >= 11 is 0. The molecule has 1 saturated heterocycles.